The molecule has 0 heterocycles. The van der Waals surface area contributed by atoms with Gasteiger partial charge < -0.3 is 28.8 Å². The molecule has 0 bridgehead atoms. The lowest BCUT2D eigenvalue weighted by Crippen LogP contribution is -2.16. The summed E-state index contributed by atoms with van der Waals surface area (Å²) in [6.45, 7) is 5.83. The Labute approximate surface area is 306 Å². The van der Waals surface area contributed by atoms with Crippen molar-refractivity contribution in [3.8, 4) is 34.1 Å². The van der Waals surface area contributed by atoms with Gasteiger partial charge in [0.2, 0.25) is 0 Å². The molecule has 0 saturated heterocycles. The van der Waals surface area contributed by atoms with Crippen LogP contribution >= 0.6 is 0 Å². The summed E-state index contributed by atoms with van der Waals surface area (Å²) in [5.41, 5.74) is 2.24. The molecule has 4 rings (SSSR count). The molecule has 0 aromatic heterocycles. The lowest BCUT2D eigenvalue weighted by atomic mass is 10.1. The fourth-order valence-corrected chi connectivity index (χ4v) is 5.36. The summed E-state index contributed by atoms with van der Waals surface area (Å²) in [7, 11) is 0. The third-order valence-corrected chi connectivity index (χ3v) is 8.27. The van der Waals surface area contributed by atoms with E-state index in [1.807, 2.05) is 61.5 Å². The highest BCUT2D eigenvalue weighted by Crippen LogP contribution is 2.26. The van der Waals surface area contributed by atoms with E-state index in [-0.39, 0.29) is 12.1 Å². The molecule has 9 heteroatoms. The van der Waals surface area contributed by atoms with Crippen molar-refractivity contribution in [2.24, 2.45) is 0 Å². The second-order valence-electron chi connectivity index (χ2n) is 12.3. The topological polar surface area (TPSA) is 118 Å². The maximum atomic E-state index is 12.7. The van der Waals surface area contributed by atoms with Crippen LogP contribution in [0.25, 0.3) is 11.1 Å². The molecule has 0 radical (unpaired) electrons. The Morgan fingerprint density at radius 3 is 1.90 bits per heavy atom. The van der Waals surface area contributed by atoms with Gasteiger partial charge >= 0.3 is 17.9 Å². The summed E-state index contributed by atoms with van der Waals surface area (Å²) >= 11 is 0. The number of aliphatic hydroxyl groups is 1. The van der Waals surface area contributed by atoms with Gasteiger partial charge in [-0.1, -0.05) is 75.2 Å². The van der Waals surface area contributed by atoms with E-state index >= 15 is 0 Å². The molecule has 4 aromatic rings. The molecule has 4 aromatic carbocycles. The third kappa shape index (κ3) is 14.1. The molecule has 0 saturated carbocycles. The molecule has 52 heavy (non-hydrogen) atoms. The molecule has 0 spiro atoms. The number of benzene rings is 4. The Morgan fingerprint density at radius 2 is 1.27 bits per heavy atom. The standard InChI is InChI=1S/C43H48O9/c1-3-35(49-40(44)4-2)16-13-31-48-36-25-23-34(24-26-36)43(47)52-39-29-21-33(22-30-39)32-19-27-38(28-20-32)51-42(46)18-12-7-5-6-11-17-41(45)50-37-14-9-8-10-15-37/h4,8-10,14-15,19-30,35,41,45H,2-3,5-7,11-13,16-18,31H2,1H3. The van der Waals surface area contributed by atoms with Crippen molar-refractivity contribution in [3.05, 3.63) is 121 Å². The van der Waals surface area contributed by atoms with Crippen LogP contribution < -0.4 is 18.9 Å². The van der Waals surface area contributed by atoms with Crippen LogP contribution in [0.15, 0.2) is 116 Å². The van der Waals surface area contributed by atoms with Crippen LogP contribution in [0.3, 0.4) is 0 Å². The minimum Gasteiger partial charge on any atom is -0.494 e. The number of aliphatic hydroxyl groups excluding tert-OH is 1. The van der Waals surface area contributed by atoms with Crippen molar-refractivity contribution >= 4 is 17.9 Å². The fraction of sp³-hybridized carbons (Fsp3) is 0.326. The molecular formula is C43H48O9. The van der Waals surface area contributed by atoms with Crippen LogP contribution in [0.4, 0.5) is 0 Å². The lowest BCUT2D eigenvalue weighted by molar-refractivity contribution is -0.143. The predicted molar refractivity (Wildman–Crippen MR) is 199 cm³/mol. The SMILES string of the molecule is C=CC(=O)OC(CC)CCCOc1ccc(C(=O)Oc2ccc(-c3ccc(OC(=O)CCCCCCCC(O)Oc4ccccc4)cc3)cc2)cc1. The zero-order valence-corrected chi connectivity index (χ0v) is 29.7. The van der Waals surface area contributed by atoms with Crippen molar-refractivity contribution < 1.29 is 43.2 Å². The predicted octanol–water partition coefficient (Wildman–Crippen LogP) is 9.27. The van der Waals surface area contributed by atoms with Gasteiger partial charge in [0.15, 0.2) is 6.29 Å². The monoisotopic (exact) mass is 708 g/mol. The maximum absolute atomic E-state index is 12.7. The Kier molecular flexibility index (Phi) is 16.5. The molecule has 0 aliphatic heterocycles. The molecule has 274 valence electrons. The van der Waals surface area contributed by atoms with Crippen LogP contribution in [0.1, 0.15) is 81.5 Å². The average molecular weight is 709 g/mol. The normalized spacial score (nSPS) is 11.9. The Morgan fingerprint density at radius 1 is 0.673 bits per heavy atom. The highest BCUT2D eigenvalue weighted by molar-refractivity contribution is 5.91. The number of carbonyl (C=O) groups is 3. The van der Waals surface area contributed by atoms with Gasteiger partial charge in [0.05, 0.1) is 12.2 Å². The number of para-hydroxylation sites is 1. The maximum Gasteiger partial charge on any atom is 0.343 e. The average Bonchev–Trinajstić information content (AvgIpc) is 3.16. The highest BCUT2D eigenvalue weighted by Gasteiger charge is 2.12. The lowest BCUT2D eigenvalue weighted by Gasteiger charge is -2.15. The van der Waals surface area contributed by atoms with Crippen LogP contribution in [-0.4, -0.2) is 42.0 Å². The van der Waals surface area contributed by atoms with Crippen molar-refractivity contribution in [1.82, 2.24) is 0 Å². The van der Waals surface area contributed by atoms with Crippen LogP contribution in [0.5, 0.6) is 23.0 Å². The van der Waals surface area contributed by atoms with E-state index in [9.17, 15) is 19.5 Å². The summed E-state index contributed by atoms with van der Waals surface area (Å²) in [5.74, 6) is 1.02. The molecular weight excluding hydrogens is 660 g/mol. The second kappa shape index (κ2) is 21.7. The third-order valence-electron chi connectivity index (χ3n) is 8.27. The van der Waals surface area contributed by atoms with E-state index in [0.29, 0.717) is 60.9 Å². The minimum atomic E-state index is -0.813. The molecule has 0 fully saturated rings. The molecule has 2 atom stereocenters. The number of ether oxygens (including phenoxy) is 5. The van der Waals surface area contributed by atoms with E-state index in [2.05, 4.69) is 6.58 Å². The number of hydrogen-bond donors (Lipinski definition) is 1. The number of carbonyl (C=O) groups excluding carboxylic acids is 3. The minimum absolute atomic E-state index is 0.171. The van der Waals surface area contributed by atoms with E-state index in [1.54, 1.807) is 48.5 Å². The van der Waals surface area contributed by atoms with Gasteiger partial charge in [-0.05, 0) is 104 Å². The van der Waals surface area contributed by atoms with Gasteiger partial charge in [-0.15, -0.1) is 0 Å². The number of hydrogen-bond acceptors (Lipinski definition) is 9. The van der Waals surface area contributed by atoms with Gasteiger partial charge in [0, 0.05) is 18.9 Å². The zero-order chi connectivity index (χ0) is 37.0. The smallest absolute Gasteiger partial charge is 0.343 e. The first-order chi connectivity index (χ1) is 25.3. The Bertz CT molecular complexity index is 1670. The van der Waals surface area contributed by atoms with Crippen molar-refractivity contribution in [2.45, 2.75) is 83.5 Å². The van der Waals surface area contributed by atoms with E-state index in [4.69, 9.17) is 23.7 Å². The van der Waals surface area contributed by atoms with E-state index in [0.717, 1.165) is 55.7 Å². The van der Waals surface area contributed by atoms with Crippen LogP contribution in [0.2, 0.25) is 0 Å². The second-order valence-corrected chi connectivity index (χ2v) is 12.3. The van der Waals surface area contributed by atoms with E-state index in [1.165, 1.54) is 0 Å². The molecule has 0 amide bonds. The van der Waals surface area contributed by atoms with Crippen molar-refractivity contribution in [1.29, 1.82) is 0 Å². The fourth-order valence-electron chi connectivity index (χ4n) is 5.36. The Balaban J connectivity index is 1.10. The largest absolute Gasteiger partial charge is 0.494 e. The van der Waals surface area contributed by atoms with Gasteiger partial charge in [0.25, 0.3) is 0 Å². The summed E-state index contributed by atoms with van der Waals surface area (Å²) in [6, 6.07) is 30.5. The first kappa shape index (κ1) is 39.4. The summed E-state index contributed by atoms with van der Waals surface area (Å²) in [5, 5.41) is 10.0. The highest BCUT2D eigenvalue weighted by atomic mass is 16.6. The summed E-state index contributed by atoms with van der Waals surface area (Å²) in [6.07, 6.45) is 7.65. The molecule has 2 unspecified atom stereocenters. The first-order valence-corrected chi connectivity index (χ1v) is 17.9. The van der Waals surface area contributed by atoms with Gasteiger partial charge in [-0.25, -0.2) is 9.59 Å². The number of rotatable bonds is 22. The summed E-state index contributed by atoms with van der Waals surface area (Å²) in [4.78, 5) is 36.5. The quantitative estimate of drug-likeness (QED) is 0.0280. The number of esters is 3. The van der Waals surface area contributed by atoms with Gasteiger partial charge in [-0.2, -0.15) is 0 Å². The molecule has 0 aliphatic carbocycles. The Hall–Kier alpha value is -5.41. The van der Waals surface area contributed by atoms with Gasteiger partial charge in [-0.3, -0.25) is 4.79 Å². The molecule has 0 aliphatic rings. The van der Waals surface area contributed by atoms with E-state index < -0.39 is 18.2 Å². The van der Waals surface area contributed by atoms with Crippen molar-refractivity contribution in [3.63, 3.8) is 0 Å². The molecule has 9 nitrogen and oxygen atoms in total. The zero-order valence-electron chi connectivity index (χ0n) is 29.7. The van der Waals surface area contributed by atoms with Gasteiger partial charge in [0.1, 0.15) is 29.1 Å². The van der Waals surface area contributed by atoms with Crippen LogP contribution in [0, 0.1) is 0 Å². The first-order valence-electron chi connectivity index (χ1n) is 17.9. The molecule has 1 N–H and O–H groups in total. The van der Waals surface area contributed by atoms with Crippen LogP contribution in [-0.2, 0) is 14.3 Å². The summed E-state index contributed by atoms with van der Waals surface area (Å²) < 4.78 is 27.6. The number of unbranched alkanes of at least 4 members (excludes halogenated alkanes) is 4. The van der Waals surface area contributed by atoms with Crippen molar-refractivity contribution in [2.75, 3.05) is 6.61 Å².